The number of pyridine rings is 1. The second kappa shape index (κ2) is 8.58. The fourth-order valence-electron chi connectivity index (χ4n) is 2.43. The number of thioether (sulfide) groups is 1. The van der Waals surface area contributed by atoms with E-state index < -0.39 is 0 Å². The summed E-state index contributed by atoms with van der Waals surface area (Å²) in [7, 11) is 1.64. The summed E-state index contributed by atoms with van der Waals surface area (Å²) in [6, 6.07) is 13.7. The zero-order chi connectivity index (χ0) is 17.5. The van der Waals surface area contributed by atoms with E-state index in [1.807, 2.05) is 59.3 Å². The molecule has 2 heterocycles. The Morgan fingerprint density at radius 3 is 2.84 bits per heavy atom. The minimum atomic E-state index is 0.0679. The van der Waals surface area contributed by atoms with Crippen LogP contribution in [0, 0.1) is 0 Å². The van der Waals surface area contributed by atoms with Crippen molar-refractivity contribution in [1.29, 1.82) is 0 Å². The molecule has 0 aliphatic heterocycles. The molecule has 5 nitrogen and oxygen atoms in total. The van der Waals surface area contributed by atoms with Gasteiger partial charge in [-0.25, -0.2) is 4.98 Å². The number of benzene rings is 1. The van der Waals surface area contributed by atoms with Crippen molar-refractivity contribution in [1.82, 2.24) is 14.7 Å². The van der Waals surface area contributed by atoms with Crippen LogP contribution in [0.1, 0.15) is 17.7 Å². The lowest BCUT2D eigenvalue weighted by atomic mass is 10.2. The van der Waals surface area contributed by atoms with Gasteiger partial charge in [-0.1, -0.05) is 18.2 Å². The molecule has 3 rings (SSSR count). The summed E-state index contributed by atoms with van der Waals surface area (Å²) in [6.07, 6.45) is 4.53. The quantitative estimate of drug-likeness (QED) is 0.630. The van der Waals surface area contributed by atoms with Gasteiger partial charge in [-0.05, 0) is 29.8 Å². The van der Waals surface area contributed by atoms with E-state index >= 15 is 0 Å². The fraction of sp³-hybridized carbons (Fsp3) is 0.263. The average molecular weight is 355 g/mol. The minimum Gasteiger partial charge on any atom is -0.497 e. The van der Waals surface area contributed by atoms with E-state index in [4.69, 9.17) is 4.74 Å². The molecule has 1 amide bonds. The first kappa shape index (κ1) is 17.4. The zero-order valence-electron chi connectivity index (χ0n) is 14.1. The van der Waals surface area contributed by atoms with Gasteiger partial charge in [0.25, 0.3) is 0 Å². The van der Waals surface area contributed by atoms with E-state index in [9.17, 15) is 4.79 Å². The summed E-state index contributed by atoms with van der Waals surface area (Å²) in [6.45, 7) is 0.542. The Morgan fingerprint density at radius 2 is 2.08 bits per heavy atom. The predicted molar refractivity (Wildman–Crippen MR) is 101 cm³/mol. The van der Waals surface area contributed by atoms with Gasteiger partial charge in [0, 0.05) is 36.9 Å². The number of methoxy groups -OCH3 is 1. The van der Waals surface area contributed by atoms with Gasteiger partial charge in [-0.15, -0.1) is 0 Å². The van der Waals surface area contributed by atoms with Gasteiger partial charge in [0.15, 0.2) is 0 Å². The molecular formula is C19H21N3O2S. The van der Waals surface area contributed by atoms with Crippen molar-refractivity contribution >= 4 is 23.3 Å². The highest BCUT2D eigenvalue weighted by Gasteiger charge is 2.04. The van der Waals surface area contributed by atoms with Gasteiger partial charge < -0.3 is 14.5 Å². The van der Waals surface area contributed by atoms with Crippen LogP contribution in [-0.4, -0.2) is 28.2 Å². The van der Waals surface area contributed by atoms with Crippen LogP contribution in [0.3, 0.4) is 0 Å². The number of hydrogen-bond acceptors (Lipinski definition) is 4. The monoisotopic (exact) mass is 355 g/mol. The Morgan fingerprint density at radius 1 is 1.24 bits per heavy atom. The molecule has 1 aromatic carbocycles. The molecule has 0 aliphatic carbocycles. The summed E-state index contributed by atoms with van der Waals surface area (Å²) >= 11 is 1.72. The second-order valence-corrected chi connectivity index (χ2v) is 6.73. The molecule has 1 N–H and O–H groups in total. The first-order chi connectivity index (χ1) is 12.2. The molecule has 0 atom stereocenters. The highest BCUT2D eigenvalue weighted by atomic mass is 32.2. The van der Waals surface area contributed by atoms with Gasteiger partial charge in [0.05, 0.1) is 12.8 Å². The van der Waals surface area contributed by atoms with Crippen LogP contribution in [-0.2, 0) is 17.1 Å². The van der Waals surface area contributed by atoms with Crippen LogP contribution in [0.2, 0.25) is 0 Å². The molecular weight excluding hydrogens is 334 g/mol. The summed E-state index contributed by atoms with van der Waals surface area (Å²) in [5, 5.41) is 2.94. The third-order valence-corrected chi connectivity index (χ3v) is 4.78. The first-order valence-corrected chi connectivity index (χ1v) is 9.30. The molecule has 0 bridgehead atoms. The van der Waals surface area contributed by atoms with Crippen LogP contribution in [0.15, 0.2) is 54.9 Å². The largest absolute Gasteiger partial charge is 0.497 e. The Hall–Kier alpha value is -2.47. The van der Waals surface area contributed by atoms with Gasteiger partial charge >= 0.3 is 0 Å². The zero-order valence-corrected chi connectivity index (χ0v) is 15.0. The van der Waals surface area contributed by atoms with Crippen molar-refractivity contribution in [2.75, 3.05) is 12.9 Å². The van der Waals surface area contributed by atoms with E-state index in [0.717, 1.165) is 34.2 Å². The van der Waals surface area contributed by atoms with E-state index in [2.05, 4.69) is 10.3 Å². The highest BCUT2D eigenvalue weighted by Crippen LogP contribution is 2.14. The molecule has 130 valence electrons. The van der Waals surface area contributed by atoms with Crippen molar-refractivity contribution in [3.8, 4) is 5.75 Å². The standard InChI is InChI=1S/C19H21N3O2S/c1-24-17-7-5-15(6-8-17)12-20-19(23)9-11-25-14-16-13-22-10-3-2-4-18(22)21-16/h2-8,10,13H,9,11-12,14H2,1H3,(H,20,23). The maximum absolute atomic E-state index is 11.9. The SMILES string of the molecule is COc1ccc(CNC(=O)CCSCc2cn3ccccc3n2)cc1. The van der Waals surface area contributed by atoms with Crippen molar-refractivity contribution in [2.24, 2.45) is 0 Å². The van der Waals surface area contributed by atoms with Crippen LogP contribution in [0.5, 0.6) is 5.75 Å². The van der Waals surface area contributed by atoms with Gasteiger partial charge in [0.1, 0.15) is 11.4 Å². The average Bonchev–Trinajstić information content (AvgIpc) is 3.07. The molecule has 0 radical (unpaired) electrons. The normalized spacial score (nSPS) is 10.8. The number of aromatic nitrogens is 2. The third-order valence-electron chi connectivity index (χ3n) is 3.79. The summed E-state index contributed by atoms with van der Waals surface area (Å²) in [4.78, 5) is 16.5. The first-order valence-electron chi connectivity index (χ1n) is 8.14. The van der Waals surface area contributed by atoms with E-state index in [0.29, 0.717) is 13.0 Å². The molecule has 3 aromatic rings. The third kappa shape index (κ3) is 5.00. The Bertz CT molecular complexity index is 797. The molecule has 2 aromatic heterocycles. The molecule has 25 heavy (non-hydrogen) atoms. The van der Waals surface area contributed by atoms with Crippen LogP contribution < -0.4 is 10.1 Å². The molecule has 0 spiro atoms. The number of rotatable bonds is 8. The van der Waals surface area contributed by atoms with Crippen molar-refractivity contribution in [3.05, 3.63) is 66.1 Å². The van der Waals surface area contributed by atoms with Crippen LogP contribution >= 0.6 is 11.8 Å². The molecule has 0 saturated heterocycles. The number of ether oxygens (including phenoxy) is 1. The van der Waals surface area contributed by atoms with Crippen molar-refractivity contribution in [3.63, 3.8) is 0 Å². The van der Waals surface area contributed by atoms with Gasteiger partial charge in [0.2, 0.25) is 5.91 Å². The topological polar surface area (TPSA) is 55.6 Å². The van der Waals surface area contributed by atoms with E-state index in [1.54, 1.807) is 18.9 Å². The van der Waals surface area contributed by atoms with Gasteiger partial charge in [-0.2, -0.15) is 11.8 Å². The molecule has 0 unspecified atom stereocenters. The maximum Gasteiger partial charge on any atom is 0.221 e. The molecule has 0 aliphatic rings. The summed E-state index contributed by atoms with van der Waals surface area (Å²) in [5.74, 6) is 2.48. The highest BCUT2D eigenvalue weighted by molar-refractivity contribution is 7.98. The Kier molecular flexibility index (Phi) is 5.95. The number of carbonyl (C=O) groups excluding carboxylic acids is 1. The summed E-state index contributed by atoms with van der Waals surface area (Å²) in [5.41, 5.74) is 3.05. The van der Waals surface area contributed by atoms with E-state index in [1.165, 1.54) is 0 Å². The maximum atomic E-state index is 11.9. The Balaban J connectivity index is 1.36. The predicted octanol–water partition coefficient (Wildman–Crippen LogP) is 3.28. The molecule has 0 saturated carbocycles. The van der Waals surface area contributed by atoms with Crippen molar-refractivity contribution < 1.29 is 9.53 Å². The lowest BCUT2D eigenvalue weighted by Crippen LogP contribution is -2.22. The lowest BCUT2D eigenvalue weighted by Gasteiger charge is -2.06. The number of carbonyl (C=O) groups is 1. The second-order valence-electron chi connectivity index (χ2n) is 5.63. The Labute approximate surface area is 151 Å². The van der Waals surface area contributed by atoms with Crippen molar-refractivity contribution in [2.45, 2.75) is 18.7 Å². The number of amides is 1. The molecule has 0 fully saturated rings. The lowest BCUT2D eigenvalue weighted by molar-refractivity contribution is -0.120. The number of nitrogens with one attached hydrogen (secondary N) is 1. The number of fused-ring (bicyclic) bond motifs is 1. The van der Waals surface area contributed by atoms with Crippen LogP contribution in [0.25, 0.3) is 5.65 Å². The fourth-order valence-corrected chi connectivity index (χ4v) is 3.25. The minimum absolute atomic E-state index is 0.0679. The summed E-state index contributed by atoms with van der Waals surface area (Å²) < 4.78 is 7.13. The number of nitrogens with zero attached hydrogens (tertiary/aromatic N) is 2. The molecule has 6 heteroatoms. The number of hydrogen-bond donors (Lipinski definition) is 1. The van der Waals surface area contributed by atoms with Gasteiger partial charge in [-0.3, -0.25) is 4.79 Å². The van der Waals surface area contributed by atoms with E-state index in [-0.39, 0.29) is 5.91 Å². The smallest absolute Gasteiger partial charge is 0.221 e. The van der Waals surface area contributed by atoms with Crippen LogP contribution in [0.4, 0.5) is 0 Å². The number of imidazole rings is 1.